The number of ether oxygens (including phenoxy) is 1. The van der Waals surface area contributed by atoms with Crippen LogP contribution in [0.4, 0.5) is 11.5 Å². The topological polar surface area (TPSA) is 189 Å². The van der Waals surface area contributed by atoms with Crippen molar-refractivity contribution >= 4 is 52.1 Å². The van der Waals surface area contributed by atoms with E-state index in [0.717, 1.165) is 73.8 Å². The van der Waals surface area contributed by atoms with Crippen LogP contribution in [0, 0.1) is 5.41 Å². The fourth-order valence-corrected chi connectivity index (χ4v) is 9.53. The number of hydrogen-bond acceptors (Lipinski definition) is 12. The highest BCUT2D eigenvalue weighted by Crippen LogP contribution is 2.44. The number of nitrogens with two attached hydrogens (primary N) is 1. The fraction of sp³-hybridized carbons (Fsp3) is 0.364. The summed E-state index contributed by atoms with van der Waals surface area (Å²) >= 11 is 0. The molecule has 10 rings (SSSR count). The summed E-state index contributed by atoms with van der Waals surface area (Å²) in [7, 11) is 0. The van der Waals surface area contributed by atoms with Crippen molar-refractivity contribution in [2.24, 2.45) is 5.41 Å². The number of benzene rings is 3. The van der Waals surface area contributed by atoms with E-state index in [-0.39, 0.29) is 41.3 Å². The van der Waals surface area contributed by atoms with E-state index in [4.69, 9.17) is 15.6 Å². The smallest absolute Gasteiger partial charge is 0.262 e. The number of fused-ring (bicyclic) bond motifs is 2. The molecule has 16 heteroatoms. The Balaban J connectivity index is 0.753. The number of nitrogens with zero attached hydrogens (tertiary/aromatic N) is 8. The zero-order valence-corrected chi connectivity index (χ0v) is 33.0. The van der Waals surface area contributed by atoms with E-state index >= 15 is 0 Å². The average Bonchev–Trinajstić information content (AvgIpc) is 3.76. The highest BCUT2D eigenvalue weighted by atomic mass is 16.5. The molecule has 2 atom stereocenters. The van der Waals surface area contributed by atoms with Crippen LogP contribution in [0.3, 0.4) is 0 Å². The van der Waals surface area contributed by atoms with Crippen LogP contribution in [0.15, 0.2) is 79.1 Å². The van der Waals surface area contributed by atoms with Crippen LogP contribution in [0.2, 0.25) is 0 Å². The van der Waals surface area contributed by atoms with Crippen molar-refractivity contribution in [1.29, 1.82) is 0 Å². The zero-order valence-electron chi connectivity index (χ0n) is 33.0. The number of likely N-dealkylation sites (tertiary alicyclic amines) is 2. The van der Waals surface area contributed by atoms with Gasteiger partial charge in [-0.05, 0) is 99.8 Å². The molecular formula is C44H44N10O6. The first-order chi connectivity index (χ1) is 29.1. The van der Waals surface area contributed by atoms with Crippen molar-refractivity contribution in [2.45, 2.75) is 50.6 Å². The number of hydrogen-bond donors (Lipinski definition) is 2. The minimum absolute atomic E-state index is 0.0762. The maximum absolute atomic E-state index is 13.8. The highest BCUT2D eigenvalue weighted by Gasteiger charge is 2.48. The Morgan fingerprint density at radius 1 is 0.867 bits per heavy atom. The largest absolute Gasteiger partial charge is 0.457 e. The SMILES string of the molecule is Nc1ncnc2c1c(-c1ccc(Oc3ccccc3)cc1)nn2C1CCCN(C(=O)CN2CCC3(CC2)CN(c2ccc4c(c2)C(=O)N(C2CCC(=O)NC2=O)C4=O)C3)C1. The van der Waals surface area contributed by atoms with Gasteiger partial charge in [-0.25, -0.2) is 14.6 Å². The van der Waals surface area contributed by atoms with Crippen LogP contribution in [-0.2, 0) is 14.4 Å². The van der Waals surface area contributed by atoms with Crippen molar-refractivity contribution in [3.05, 3.63) is 90.3 Å². The van der Waals surface area contributed by atoms with Gasteiger partial charge in [-0.1, -0.05) is 18.2 Å². The quantitative estimate of drug-likeness (QED) is 0.215. The second-order valence-electron chi connectivity index (χ2n) is 16.6. The first-order valence-corrected chi connectivity index (χ1v) is 20.6. The Morgan fingerprint density at radius 2 is 1.62 bits per heavy atom. The number of rotatable bonds is 8. The highest BCUT2D eigenvalue weighted by molar-refractivity contribution is 6.23. The summed E-state index contributed by atoms with van der Waals surface area (Å²) < 4.78 is 7.92. The van der Waals surface area contributed by atoms with E-state index < -0.39 is 29.7 Å². The van der Waals surface area contributed by atoms with E-state index in [1.54, 1.807) is 12.1 Å². The van der Waals surface area contributed by atoms with E-state index in [1.807, 2.05) is 70.2 Å². The molecule has 3 N–H and O–H groups in total. The number of imide groups is 2. The molecule has 0 bridgehead atoms. The van der Waals surface area contributed by atoms with E-state index in [9.17, 15) is 24.0 Å². The van der Waals surface area contributed by atoms with Crippen molar-refractivity contribution in [1.82, 2.24) is 39.8 Å². The lowest BCUT2D eigenvalue weighted by Gasteiger charge is -2.55. The van der Waals surface area contributed by atoms with Gasteiger partial charge in [0, 0.05) is 49.3 Å². The molecule has 306 valence electrons. The Hall–Kier alpha value is -6.68. The van der Waals surface area contributed by atoms with Gasteiger partial charge in [0.25, 0.3) is 11.8 Å². The first-order valence-electron chi connectivity index (χ1n) is 20.6. The molecule has 16 nitrogen and oxygen atoms in total. The molecule has 5 aliphatic heterocycles. The van der Waals surface area contributed by atoms with Crippen LogP contribution in [0.1, 0.15) is 65.3 Å². The molecule has 5 aromatic rings. The van der Waals surface area contributed by atoms with E-state index in [2.05, 4.69) is 25.1 Å². The number of carbonyl (C=O) groups excluding carboxylic acids is 5. The third-order valence-corrected chi connectivity index (χ3v) is 12.8. The van der Waals surface area contributed by atoms with Gasteiger partial charge < -0.3 is 20.3 Å². The third-order valence-electron chi connectivity index (χ3n) is 12.8. The zero-order chi connectivity index (χ0) is 41.1. The molecule has 5 aliphatic rings. The van der Waals surface area contributed by atoms with Gasteiger partial charge in [0.15, 0.2) is 5.65 Å². The number of anilines is 2. The first kappa shape index (κ1) is 37.6. The van der Waals surface area contributed by atoms with Crippen LogP contribution in [0.5, 0.6) is 11.5 Å². The van der Waals surface area contributed by atoms with Crippen molar-refractivity contribution in [3.63, 3.8) is 0 Å². The Kier molecular flexibility index (Phi) is 9.30. The Labute approximate surface area is 345 Å². The summed E-state index contributed by atoms with van der Waals surface area (Å²) in [6, 6.07) is 21.5. The molecule has 7 heterocycles. The molecule has 3 aromatic carbocycles. The molecule has 0 radical (unpaired) electrons. The van der Waals surface area contributed by atoms with Gasteiger partial charge in [-0.2, -0.15) is 5.10 Å². The van der Waals surface area contributed by atoms with Gasteiger partial charge >= 0.3 is 0 Å². The van der Waals surface area contributed by atoms with Crippen molar-refractivity contribution in [2.75, 3.05) is 56.4 Å². The molecule has 2 unspecified atom stereocenters. The number of piperidine rings is 3. The third kappa shape index (κ3) is 6.69. The number of amides is 5. The molecular weight excluding hydrogens is 765 g/mol. The lowest BCUT2D eigenvalue weighted by molar-refractivity contribution is -0.136. The van der Waals surface area contributed by atoms with Gasteiger partial charge in [0.05, 0.1) is 29.1 Å². The number of carbonyl (C=O) groups is 5. The van der Waals surface area contributed by atoms with E-state index in [0.29, 0.717) is 47.9 Å². The summed E-state index contributed by atoms with van der Waals surface area (Å²) in [6.07, 6.45) is 5.26. The monoisotopic (exact) mass is 808 g/mol. The van der Waals surface area contributed by atoms with Gasteiger partial charge in [-0.3, -0.25) is 39.1 Å². The Bertz CT molecular complexity index is 2540. The Morgan fingerprint density at radius 3 is 2.38 bits per heavy atom. The number of nitrogen functional groups attached to an aromatic ring is 1. The molecule has 60 heavy (non-hydrogen) atoms. The minimum Gasteiger partial charge on any atom is -0.457 e. The number of nitrogens with one attached hydrogen (secondary N) is 1. The second-order valence-corrected chi connectivity index (χ2v) is 16.6. The predicted octanol–water partition coefficient (Wildman–Crippen LogP) is 4.03. The summed E-state index contributed by atoms with van der Waals surface area (Å²) in [4.78, 5) is 80.8. The normalized spacial score (nSPS) is 21.6. The van der Waals surface area contributed by atoms with Gasteiger partial charge in [0.1, 0.15) is 35.4 Å². The molecule has 4 saturated heterocycles. The van der Waals surface area contributed by atoms with Gasteiger partial charge in [0.2, 0.25) is 17.7 Å². The molecule has 1 spiro atoms. The molecule has 4 fully saturated rings. The second kappa shape index (κ2) is 14.9. The van der Waals surface area contributed by atoms with Crippen LogP contribution < -0.4 is 20.7 Å². The fourth-order valence-electron chi connectivity index (χ4n) is 9.53. The van der Waals surface area contributed by atoms with Crippen LogP contribution >= 0.6 is 0 Å². The standard InChI is InChI=1S/C44H44N10O6/c45-39-37-38(27-8-11-31(12-9-27)60-30-6-2-1-3-7-30)49-54(40(37)47-26-46-39)29-5-4-18-51(22-29)36(56)23-50-19-16-44(17-20-50)24-52(25-44)28-10-13-32-33(21-28)43(59)53(42(32)58)34-14-15-35(55)48-41(34)57/h1-3,6-13,21,26,29,34H,4-5,14-20,22-25H2,(H2,45,46,47)(H,48,55,57). The minimum atomic E-state index is -0.990. The maximum atomic E-state index is 13.8. The molecule has 0 saturated carbocycles. The lowest BCUT2D eigenvalue weighted by atomic mass is 9.71. The maximum Gasteiger partial charge on any atom is 0.262 e. The van der Waals surface area contributed by atoms with Gasteiger partial charge in [-0.15, -0.1) is 0 Å². The number of aromatic nitrogens is 4. The summed E-state index contributed by atoms with van der Waals surface area (Å²) in [6.45, 7) is 4.83. The van der Waals surface area contributed by atoms with Crippen molar-refractivity contribution < 1.29 is 28.7 Å². The molecule has 5 amide bonds. The van der Waals surface area contributed by atoms with Crippen LogP contribution in [0.25, 0.3) is 22.3 Å². The lowest BCUT2D eigenvalue weighted by Crippen LogP contribution is -2.61. The molecule has 0 aliphatic carbocycles. The summed E-state index contributed by atoms with van der Waals surface area (Å²) in [5.74, 6) is -0.117. The number of para-hydroxylation sites is 1. The summed E-state index contributed by atoms with van der Waals surface area (Å²) in [5, 5.41) is 7.99. The summed E-state index contributed by atoms with van der Waals surface area (Å²) in [5.41, 5.74) is 10.2. The average molecular weight is 809 g/mol. The van der Waals surface area contributed by atoms with Crippen LogP contribution in [-0.4, -0.2) is 116 Å². The van der Waals surface area contributed by atoms with E-state index in [1.165, 1.54) is 6.33 Å². The van der Waals surface area contributed by atoms with Crippen molar-refractivity contribution in [3.8, 4) is 22.8 Å². The predicted molar refractivity (Wildman–Crippen MR) is 220 cm³/mol. The molecule has 2 aromatic heterocycles.